The van der Waals surface area contributed by atoms with Gasteiger partial charge < -0.3 is 18.9 Å². The summed E-state index contributed by atoms with van der Waals surface area (Å²) in [5.74, 6) is -3.34. The Morgan fingerprint density at radius 3 is 2.37 bits per heavy atom. The molecule has 3 atom stereocenters. The number of aromatic nitrogens is 2. The predicted molar refractivity (Wildman–Crippen MR) is 142 cm³/mol. The highest BCUT2D eigenvalue weighted by Gasteiger charge is 2.45. The highest BCUT2D eigenvalue weighted by Crippen LogP contribution is 2.46. The topological polar surface area (TPSA) is 94.8 Å². The Balaban J connectivity index is 1.13. The average Bonchev–Trinajstić information content (AvgIpc) is 3.45. The molecule has 7 rings (SSSR count). The highest BCUT2D eigenvalue weighted by molar-refractivity contribution is 7.22. The zero-order valence-electron chi connectivity index (χ0n) is 21.9. The van der Waals surface area contributed by atoms with Crippen molar-refractivity contribution in [3.05, 3.63) is 64.7 Å². The smallest absolute Gasteiger partial charge is 0.344 e. The van der Waals surface area contributed by atoms with Gasteiger partial charge in [0.1, 0.15) is 34.5 Å². The second-order valence-corrected chi connectivity index (χ2v) is 11.7. The van der Waals surface area contributed by atoms with Crippen molar-refractivity contribution >= 4 is 38.6 Å². The molecule has 8 nitrogen and oxygen atoms in total. The molecule has 0 amide bonds. The number of carbonyl (C=O) groups excluding carboxylic acids is 2. The maximum Gasteiger partial charge on any atom is 0.344 e. The van der Waals surface area contributed by atoms with E-state index in [1.807, 2.05) is 0 Å². The quantitative estimate of drug-likeness (QED) is 0.241. The van der Waals surface area contributed by atoms with Gasteiger partial charge in [-0.3, -0.25) is 0 Å². The van der Waals surface area contributed by atoms with Crippen molar-refractivity contribution in [2.75, 3.05) is 12.0 Å². The van der Waals surface area contributed by atoms with E-state index in [1.54, 1.807) is 6.07 Å². The van der Waals surface area contributed by atoms with Gasteiger partial charge in [0.25, 0.3) is 0 Å². The lowest BCUT2D eigenvalue weighted by Crippen LogP contribution is -2.46. The van der Waals surface area contributed by atoms with Crippen molar-refractivity contribution < 1.29 is 36.8 Å². The number of piperidine rings is 1. The zero-order chi connectivity index (χ0) is 28.4. The molecule has 1 unspecified atom stereocenters. The Morgan fingerprint density at radius 2 is 1.71 bits per heavy atom. The standard InChI is InChI=1S/C29H24F3N3O5S/c1-38-27(36)14-9-20(32)24-21(10-14)41-29(33-24)35-15-7-8-16(35)12-17(11-15)39-28(37)23-25(34-40-26(23)13-5-6-13)22-18(30)3-2-4-19(22)31/h2-4,9-10,13,15-17H,5-8,11-12H2,1H3/t15-,16+,17?. The fourth-order valence-electron chi connectivity index (χ4n) is 6.09. The first-order valence-electron chi connectivity index (χ1n) is 13.4. The van der Waals surface area contributed by atoms with E-state index in [9.17, 15) is 22.8 Å². The Morgan fingerprint density at radius 1 is 1.00 bits per heavy atom. The second kappa shape index (κ2) is 9.86. The molecule has 2 aromatic carbocycles. The molecular formula is C29H24F3N3O5S. The van der Waals surface area contributed by atoms with Gasteiger partial charge in [-0.15, -0.1) is 0 Å². The molecule has 3 fully saturated rings. The van der Waals surface area contributed by atoms with Crippen molar-refractivity contribution in [3.8, 4) is 11.3 Å². The van der Waals surface area contributed by atoms with E-state index >= 15 is 0 Å². The van der Waals surface area contributed by atoms with Gasteiger partial charge in [0.05, 0.1) is 22.9 Å². The predicted octanol–water partition coefficient (Wildman–Crippen LogP) is 6.39. The van der Waals surface area contributed by atoms with Crippen LogP contribution in [0.2, 0.25) is 0 Å². The van der Waals surface area contributed by atoms with E-state index in [4.69, 9.17) is 14.0 Å². The molecule has 41 heavy (non-hydrogen) atoms. The third-order valence-electron chi connectivity index (χ3n) is 8.11. The molecule has 4 aromatic rings. The largest absolute Gasteiger partial charge is 0.465 e. The number of fused-ring (bicyclic) bond motifs is 3. The van der Waals surface area contributed by atoms with Crippen LogP contribution >= 0.6 is 11.3 Å². The van der Waals surface area contributed by atoms with Crippen LogP contribution in [-0.2, 0) is 9.47 Å². The van der Waals surface area contributed by atoms with E-state index in [2.05, 4.69) is 15.0 Å². The summed E-state index contributed by atoms with van der Waals surface area (Å²) in [6.45, 7) is 0. The minimum absolute atomic E-state index is 0.00381. The molecule has 4 heterocycles. The second-order valence-electron chi connectivity index (χ2n) is 10.7. The van der Waals surface area contributed by atoms with Crippen molar-refractivity contribution in [1.82, 2.24) is 10.1 Å². The fourth-order valence-corrected chi connectivity index (χ4v) is 7.25. The summed E-state index contributed by atoms with van der Waals surface area (Å²) in [4.78, 5) is 32.2. The van der Waals surface area contributed by atoms with Crippen molar-refractivity contribution in [2.24, 2.45) is 0 Å². The van der Waals surface area contributed by atoms with Gasteiger partial charge >= 0.3 is 11.9 Å². The van der Waals surface area contributed by atoms with Crippen LogP contribution in [0.25, 0.3) is 21.5 Å². The van der Waals surface area contributed by atoms with Gasteiger partial charge in [-0.2, -0.15) is 0 Å². The van der Waals surface area contributed by atoms with Gasteiger partial charge in [-0.1, -0.05) is 22.6 Å². The van der Waals surface area contributed by atoms with Crippen molar-refractivity contribution in [3.63, 3.8) is 0 Å². The molecular weight excluding hydrogens is 559 g/mol. The van der Waals surface area contributed by atoms with E-state index in [0.717, 1.165) is 43.9 Å². The minimum Gasteiger partial charge on any atom is -0.465 e. The number of anilines is 1. The van der Waals surface area contributed by atoms with E-state index in [-0.39, 0.29) is 40.3 Å². The molecule has 12 heteroatoms. The minimum atomic E-state index is -0.841. The van der Waals surface area contributed by atoms with E-state index < -0.39 is 41.1 Å². The van der Waals surface area contributed by atoms with Crippen LogP contribution in [0.4, 0.5) is 18.3 Å². The van der Waals surface area contributed by atoms with Crippen LogP contribution in [0.5, 0.6) is 0 Å². The van der Waals surface area contributed by atoms with E-state index in [1.165, 1.54) is 24.5 Å². The van der Waals surface area contributed by atoms with Gasteiger partial charge in [0.2, 0.25) is 0 Å². The number of methoxy groups -OCH3 is 1. The molecule has 0 radical (unpaired) electrons. The number of nitrogens with zero attached hydrogens (tertiary/aromatic N) is 3. The summed E-state index contributed by atoms with van der Waals surface area (Å²) in [5, 5.41) is 4.54. The molecule has 2 aliphatic heterocycles. The van der Waals surface area contributed by atoms with Gasteiger partial charge in [-0.05, 0) is 49.9 Å². The number of esters is 2. The molecule has 0 spiro atoms. The van der Waals surface area contributed by atoms with Crippen LogP contribution in [0.3, 0.4) is 0 Å². The number of hydrogen-bond donors (Lipinski definition) is 0. The van der Waals surface area contributed by atoms with Crippen LogP contribution in [0, 0.1) is 17.5 Å². The Bertz CT molecular complexity index is 1670. The molecule has 2 saturated heterocycles. The molecule has 3 aliphatic rings. The number of ether oxygens (including phenoxy) is 2. The molecule has 0 N–H and O–H groups in total. The third kappa shape index (κ3) is 4.44. The highest BCUT2D eigenvalue weighted by atomic mass is 32.1. The van der Waals surface area contributed by atoms with Gasteiger partial charge in [0.15, 0.2) is 16.7 Å². The number of benzene rings is 2. The fraction of sp³-hybridized carbons (Fsp3) is 0.379. The summed E-state index contributed by atoms with van der Waals surface area (Å²) in [7, 11) is 1.24. The maximum atomic E-state index is 14.8. The normalized spacial score (nSPS) is 21.9. The van der Waals surface area contributed by atoms with Crippen molar-refractivity contribution in [2.45, 2.75) is 62.6 Å². The van der Waals surface area contributed by atoms with Crippen LogP contribution < -0.4 is 4.90 Å². The molecule has 1 saturated carbocycles. The van der Waals surface area contributed by atoms with Gasteiger partial charge in [0, 0.05) is 30.8 Å². The lowest BCUT2D eigenvalue weighted by molar-refractivity contribution is 0.0202. The van der Waals surface area contributed by atoms with Crippen LogP contribution in [0.15, 0.2) is 34.9 Å². The third-order valence-corrected chi connectivity index (χ3v) is 9.13. The number of halogens is 3. The molecule has 2 bridgehead atoms. The Kier molecular flexibility index (Phi) is 6.25. The number of rotatable bonds is 6. The summed E-state index contributed by atoms with van der Waals surface area (Å²) < 4.78 is 60.7. The first-order valence-corrected chi connectivity index (χ1v) is 14.3. The van der Waals surface area contributed by atoms with Gasteiger partial charge in [-0.25, -0.2) is 27.7 Å². The lowest BCUT2D eigenvalue weighted by Gasteiger charge is -2.38. The monoisotopic (exact) mass is 583 g/mol. The Hall–Kier alpha value is -3.93. The first kappa shape index (κ1) is 26.0. The Labute approximate surface area is 236 Å². The zero-order valence-corrected chi connectivity index (χ0v) is 22.7. The summed E-state index contributed by atoms with van der Waals surface area (Å²) in [6, 6.07) is 6.17. The SMILES string of the molecule is COC(=O)c1cc(F)c2nc(N3[C@@H]4CC[C@H]3CC(OC(=O)c3c(-c5c(F)cccc5F)noc3C3CC3)C4)sc2c1. The summed E-state index contributed by atoms with van der Waals surface area (Å²) >= 11 is 1.30. The van der Waals surface area contributed by atoms with E-state index in [0.29, 0.717) is 28.4 Å². The summed E-state index contributed by atoms with van der Waals surface area (Å²) in [6.07, 6.45) is 3.87. The first-order chi connectivity index (χ1) is 19.8. The maximum absolute atomic E-state index is 14.8. The number of hydrogen-bond acceptors (Lipinski definition) is 9. The molecule has 1 aliphatic carbocycles. The molecule has 212 valence electrons. The van der Waals surface area contributed by atoms with Crippen LogP contribution in [0.1, 0.15) is 70.9 Å². The number of thiazole rings is 1. The summed E-state index contributed by atoms with van der Waals surface area (Å²) in [5.41, 5.74) is -0.303. The average molecular weight is 584 g/mol. The van der Waals surface area contributed by atoms with Crippen LogP contribution in [-0.4, -0.2) is 47.4 Å². The molecule has 2 aromatic heterocycles. The van der Waals surface area contributed by atoms with Crippen molar-refractivity contribution in [1.29, 1.82) is 0 Å². The number of carbonyl (C=O) groups is 2. The lowest BCUT2D eigenvalue weighted by atomic mass is 9.99.